The van der Waals surface area contributed by atoms with Gasteiger partial charge in [-0.1, -0.05) is 31.9 Å². The maximum Gasteiger partial charge on any atom is 0.241 e. The van der Waals surface area contributed by atoms with Crippen LogP contribution >= 0.6 is 11.6 Å². The molecule has 0 heterocycles. The number of anilines is 1. The quantitative estimate of drug-likeness (QED) is 0.808. The monoisotopic (exact) mass is 284 g/mol. The Labute approximate surface area is 119 Å². The molecule has 0 saturated heterocycles. The largest absolute Gasteiger partial charge is 0.491 e. The number of hydrogen-bond donors (Lipinski definition) is 2. The lowest BCUT2D eigenvalue weighted by molar-refractivity contribution is -0.117. The number of rotatable bonds is 7. The summed E-state index contributed by atoms with van der Waals surface area (Å²) in [5.74, 6) is 0.397. The number of carbonyl (C=O) groups is 1. The maximum absolute atomic E-state index is 11.9. The predicted octanol–water partition coefficient (Wildman–Crippen LogP) is 3.19. The van der Waals surface area contributed by atoms with Crippen LogP contribution in [0.1, 0.15) is 33.1 Å². The first-order valence-electron chi connectivity index (χ1n) is 6.57. The molecule has 1 amide bonds. The molecule has 106 valence electrons. The number of nitrogens with two attached hydrogens (primary N) is 1. The third kappa shape index (κ3) is 5.09. The fourth-order valence-electron chi connectivity index (χ4n) is 1.61. The first-order chi connectivity index (χ1) is 9.08. The van der Waals surface area contributed by atoms with Crippen LogP contribution in [0.5, 0.6) is 5.75 Å². The van der Waals surface area contributed by atoms with Gasteiger partial charge in [0.15, 0.2) is 0 Å². The summed E-state index contributed by atoms with van der Waals surface area (Å²) in [5, 5.41) is 3.32. The van der Waals surface area contributed by atoms with Crippen LogP contribution in [0.3, 0.4) is 0 Å². The fourth-order valence-corrected chi connectivity index (χ4v) is 1.78. The molecule has 0 aliphatic heterocycles. The van der Waals surface area contributed by atoms with Gasteiger partial charge in [0.2, 0.25) is 5.91 Å². The number of nitrogens with one attached hydrogen (secondary N) is 1. The highest BCUT2D eigenvalue weighted by molar-refractivity contribution is 6.31. The van der Waals surface area contributed by atoms with E-state index in [4.69, 9.17) is 22.1 Å². The van der Waals surface area contributed by atoms with Crippen LogP contribution in [0.15, 0.2) is 18.2 Å². The van der Waals surface area contributed by atoms with Crippen molar-refractivity contribution < 1.29 is 9.53 Å². The van der Waals surface area contributed by atoms with E-state index in [0.29, 0.717) is 29.5 Å². The lowest BCUT2D eigenvalue weighted by atomic mass is 10.1. The Morgan fingerprint density at radius 1 is 1.42 bits per heavy atom. The molecule has 3 N–H and O–H groups in total. The predicted molar refractivity (Wildman–Crippen MR) is 78.8 cm³/mol. The van der Waals surface area contributed by atoms with E-state index in [0.717, 1.165) is 12.8 Å². The van der Waals surface area contributed by atoms with Crippen LogP contribution in [0, 0.1) is 0 Å². The maximum atomic E-state index is 11.9. The molecule has 0 fully saturated rings. The first kappa shape index (κ1) is 15.8. The van der Waals surface area contributed by atoms with Crippen molar-refractivity contribution >= 4 is 23.2 Å². The Morgan fingerprint density at radius 3 is 2.79 bits per heavy atom. The Kier molecular flexibility index (Phi) is 6.67. The van der Waals surface area contributed by atoms with E-state index in [1.54, 1.807) is 18.2 Å². The summed E-state index contributed by atoms with van der Waals surface area (Å²) in [5.41, 5.74) is 6.35. The minimum Gasteiger partial charge on any atom is -0.491 e. The van der Waals surface area contributed by atoms with Crippen molar-refractivity contribution in [2.45, 2.75) is 39.2 Å². The second-order valence-corrected chi connectivity index (χ2v) is 4.81. The van der Waals surface area contributed by atoms with E-state index in [-0.39, 0.29) is 5.91 Å². The van der Waals surface area contributed by atoms with Crippen molar-refractivity contribution in [1.82, 2.24) is 0 Å². The molecule has 19 heavy (non-hydrogen) atoms. The van der Waals surface area contributed by atoms with Crippen LogP contribution in [-0.2, 0) is 4.79 Å². The third-order valence-corrected chi connectivity index (χ3v) is 2.83. The number of amides is 1. The molecule has 0 spiro atoms. The number of hydrogen-bond acceptors (Lipinski definition) is 3. The van der Waals surface area contributed by atoms with E-state index >= 15 is 0 Å². The van der Waals surface area contributed by atoms with Gasteiger partial charge < -0.3 is 15.8 Å². The summed E-state index contributed by atoms with van der Waals surface area (Å²) in [7, 11) is 0. The molecule has 1 unspecified atom stereocenters. The molecule has 1 rings (SSSR count). The molecular formula is C14H21ClN2O2. The summed E-state index contributed by atoms with van der Waals surface area (Å²) in [6.45, 7) is 4.60. The Morgan fingerprint density at radius 2 is 2.16 bits per heavy atom. The number of ether oxygens (including phenoxy) is 1. The second-order valence-electron chi connectivity index (χ2n) is 4.37. The minimum atomic E-state index is -0.511. The average molecular weight is 285 g/mol. The number of carbonyl (C=O) groups excluding carboxylic acids is 1. The fraction of sp³-hybridized carbons (Fsp3) is 0.500. The van der Waals surface area contributed by atoms with Gasteiger partial charge in [0, 0.05) is 5.02 Å². The zero-order valence-corrected chi connectivity index (χ0v) is 12.2. The molecule has 4 nitrogen and oxygen atoms in total. The van der Waals surface area contributed by atoms with Gasteiger partial charge in [-0.15, -0.1) is 0 Å². The summed E-state index contributed by atoms with van der Waals surface area (Å²) in [6, 6.07) is 4.64. The molecule has 1 aromatic carbocycles. The molecule has 0 aromatic heterocycles. The minimum absolute atomic E-state index is 0.217. The zero-order chi connectivity index (χ0) is 14.3. The first-order valence-corrected chi connectivity index (χ1v) is 6.95. The molecule has 0 bridgehead atoms. The molecule has 5 heteroatoms. The topological polar surface area (TPSA) is 64.3 Å². The van der Waals surface area contributed by atoms with Crippen molar-refractivity contribution in [1.29, 1.82) is 0 Å². The van der Waals surface area contributed by atoms with Crippen LogP contribution in [0.4, 0.5) is 5.69 Å². The van der Waals surface area contributed by atoms with Gasteiger partial charge in [-0.3, -0.25) is 4.79 Å². The molecule has 1 atom stereocenters. The third-order valence-electron chi connectivity index (χ3n) is 2.60. The lowest BCUT2D eigenvalue weighted by Gasteiger charge is -2.15. The van der Waals surface area contributed by atoms with E-state index in [1.165, 1.54) is 0 Å². The summed E-state index contributed by atoms with van der Waals surface area (Å²) in [4.78, 5) is 11.9. The van der Waals surface area contributed by atoms with Crippen molar-refractivity contribution in [2.75, 3.05) is 11.9 Å². The smallest absolute Gasteiger partial charge is 0.241 e. The average Bonchev–Trinajstić information content (AvgIpc) is 2.38. The van der Waals surface area contributed by atoms with Gasteiger partial charge in [-0.05, 0) is 31.0 Å². The molecule has 0 saturated carbocycles. The van der Waals surface area contributed by atoms with Crippen LogP contribution in [-0.4, -0.2) is 18.6 Å². The van der Waals surface area contributed by atoms with E-state index in [2.05, 4.69) is 5.32 Å². The van der Waals surface area contributed by atoms with Gasteiger partial charge >= 0.3 is 0 Å². The van der Waals surface area contributed by atoms with Crippen molar-refractivity contribution in [3.63, 3.8) is 0 Å². The van der Waals surface area contributed by atoms with Crippen molar-refractivity contribution in [3.05, 3.63) is 23.2 Å². The van der Waals surface area contributed by atoms with Crippen molar-refractivity contribution in [2.24, 2.45) is 5.73 Å². The van der Waals surface area contributed by atoms with Gasteiger partial charge in [-0.25, -0.2) is 0 Å². The van der Waals surface area contributed by atoms with E-state index < -0.39 is 6.04 Å². The molecule has 1 aromatic rings. The van der Waals surface area contributed by atoms with Gasteiger partial charge in [0.25, 0.3) is 0 Å². The normalized spacial score (nSPS) is 12.0. The van der Waals surface area contributed by atoms with Crippen molar-refractivity contribution in [3.8, 4) is 5.75 Å². The van der Waals surface area contributed by atoms with Crippen LogP contribution < -0.4 is 15.8 Å². The molecule has 0 aliphatic carbocycles. The summed E-state index contributed by atoms with van der Waals surface area (Å²) < 4.78 is 5.57. The lowest BCUT2D eigenvalue weighted by Crippen LogP contribution is -2.35. The van der Waals surface area contributed by atoms with Crippen LogP contribution in [0.25, 0.3) is 0 Å². The van der Waals surface area contributed by atoms with Gasteiger partial charge in [0.1, 0.15) is 5.75 Å². The number of halogens is 1. The SMILES string of the molecule is CCCOc1ccc(Cl)cc1NC(=O)C(N)CCC. The number of benzene rings is 1. The molecule has 0 aliphatic rings. The van der Waals surface area contributed by atoms with E-state index in [9.17, 15) is 4.79 Å². The second kappa shape index (κ2) is 8.02. The Balaban J connectivity index is 2.79. The standard InChI is InChI=1S/C14H21ClN2O2/c1-3-5-11(16)14(18)17-12-9-10(15)6-7-13(12)19-8-4-2/h6-7,9,11H,3-5,8,16H2,1-2H3,(H,17,18). The highest BCUT2D eigenvalue weighted by Gasteiger charge is 2.15. The molecular weight excluding hydrogens is 264 g/mol. The summed E-state index contributed by atoms with van der Waals surface area (Å²) >= 11 is 5.94. The Bertz CT molecular complexity index is 424. The highest BCUT2D eigenvalue weighted by Crippen LogP contribution is 2.28. The zero-order valence-electron chi connectivity index (χ0n) is 11.4. The Hall–Kier alpha value is -1.26. The van der Waals surface area contributed by atoms with Crippen LogP contribution in [0.2, 0.25) is 5.02 Å². The van der Waals surface area contributed by atoms with E-state index in [1.807, 2.05) is 13.8 Å². The van der Waals surface area contributed by atoms with Gasteiger partial charge in [0.05, 0.1) is 18.3 Å². The summed E-state index contributed by atoms with van der Waals surface area (Å²) in [6.07, 6.45) is 2.41. The highest BCUT2D eigenvalue weighted by atomic mass is 35.5. The molecule has 0 radical (unpaired) electrons. The van der Waals surface area contributed by atoms with Gasteiger partial charge in [-0.2, -0.15) is 0 Å².